The van der Waals surface area contributed by atoms with E-state index in [1.165, 1.54) is 5.70 Å². The van der Waals surface area contributed by atoms with Crippen molar-refractivity contribution in [3.05, 3.63) is 36.1 Å². The molecule has 0 aromatic heterocycles. The molecule has 0 amide bonds. The van der Waals surface area contributed by atoms with Crippen LogP contribution in [0, 0.1) is 0 Å². The zero-order chi connectivity index (χ0) is 7.94. The van der Waals surface area contributed by atoms with Gasteiger partial charge >= 0.3 is 0 Å². The topological polar surface area (TPSA) is 12.0 Å². The number of hydrogen-bond acceptors (Lipinski definition) is 1. The fourth-order valence-corrected chi connectivity index (χ4v) is 1.08. The zero-order valence-corrected chi connectivity index (χ0v) is 7.01. The van der Waals surface area contributed by atoms with E-state index in [0.717, 1.165) is 19.4 Å². The van der Waals surface area contributed by atoms with Gasteiger partial charge < -0.3 is 5.32 Å². The summed E-state index contributed by atoms with van der Waals surface area (Å²) in [6, 6.07) is 0. The average Bonchev–Trinajstić information content (AvgIpc) is 2.07. The molecule has 11 heavy (non-hydrogen) atoms. The normalized spacial score (nSPS) is 16.6. The van der Waals surface area contributed by atoms with Crippen molar-refractivity contribution in [1.29, 1.82) is 0 Å². The molecule has 0 saturated carbocycles. The van der Waals surface area contributed by atoms with Gasteiger partial charge in [-0.05, 0) is 25.8 Å². The van der Waals surface area contributed by atoms with E-state index in [1.54, 1.807) is 0 Å². The smallest absolute Gasteiger partial charge is 0.0330 e. The van der Waals surface area contributed by atoms with Crippen LogP contribution >= 0.6 is 0 Å². The lowest BCUT2D eigenvalue weighted by Crippen LogP contribution is -2.14. The van der Waals surface area contributed by atoms with Crippen LogP contribution in [0.5, 0.6) is 0 Å². The molecule has 0 aliphatic carbocycles. The maximum Gasteiger partial charge on any atom is 0.0330 e. The summed E-state index contributed by atoms with van der Waals surface area (Å²) in [5, 5.41) is 3.32. The Morgan fingerprint density at radius 1 is 1.64 bits per heavy atom. The SMILES string of the molecule is C/C=C\CCC1=CC=CCN1. The van der Waals surface area contributed by atoms with Crippen molar-refractivity contribution < 1.29 is 0 Å². The van der Waals surface area contributed by atoms with Crippen molar-refractivity contribution in [2.75, 3.05) is 6.54 Å². The van der Waals surface area contributed by atoms with Gasteiger partial charge in [0.2, 0.25) is 0 Å². The highest BCUT2D eigenvalue weighted by Gasteiger charge is 1.94. The Kier molecular flexibility index (Phi) is 3.53. The molecular weight excluding hydrogens is 134 g/mol. The van der Waals surface area contributed by atoms with Crippen molar-refractivity contribution in [1.82, 2.24) is 5.32 Å². The lowest BCUT2D eigenvalue weighted by molar-refractivity contribution is 0.801. The van der Waals surface area contributed by atoms with Gasteiger partial charge in [-0.3, -0.25) is 0 Å². The zero-order valence-electron chi connectivity index (χ0n) is 7.01. The summed E-state index contributed by atoms with van der Waals surface area (Å²) in [5.74, 6) is 0. The van der Waals surface area contributed by atoms with Gasteiger partial charge in [0.05, 0.1) is 0 Å². The molecule has 60 valence electrons. The van der Waals surface area contributed by atoms with E-state index in [1.807, 2.05) is 0 Å². The molecule has 0 radical (unpaired) electrons. The Morgan fingerprint density at radius 2 is 2.55 bits per heavy atom. The van der Waals surface area contributed by atoms with E-state index >= 15 is 0 Å². The maximum absolute atomic E-state index is 3.32. The highest BCUT2D eigenvalue weighted by atomic mass is 14.9. The molecule has 0 unspecified atom stereocenters. The second-order valence-electron chi connectivity index (χ2n) is 2.61. The molecule has 0 aromatic carbocycles. The molecule has 1 nitrogen and oxygen atoms in total. The van der Waals surface area contributed by atoms with Crippen molar-refractivity contribution in [2.24, 2.45) is 0 Å². The predicted molar refractivity (Wildman–Crippen MR) is 49.3 cm³/mol. The highest BCUT2D eigenvalue weighted by molar-refractivity contribution is 5.16. The van der Waals surface area contributed by atoms with E-state index < -0.39 is 0 Å². The van der Waals surface area contributed by atoms with Gasteiger partial charge in [-0.1, -0.05) is 24.3 Å². The lowest BCUT2D eigenvalue weighted by Gasteiger charge is -2.10. The Balaban J connectivity index is 2.25. The first kappa shape index (κ1) is 8.12. The molecule has 1 rings (SSSR count). The minimum Gasteiger partial charge on any atom is -0.385 e. The summed E-state index contributed by atoms with van der Waals surface area (Å²) in [6.45, 7) is 3.05. The summed E-state index contributed by atoms with van der Waals surface area (Å²) in [5.41, 5.74) is 1.35. The Labute approximate surface area is 68.5 Å². The summed E-state index contributed by atoms with van der Waals surface area (Å²) < 4.78 is 0. The number of rotatable bonds is 3. The first-order chi connectivity index (χ1) is 5.43. The third-order valence-electron chi connectivity index (χ3n) is 1.70. The molecule has 1 aliphatic rings. The van der Waals surface area contributed by atoms with Gasteiger partial charge in [-0.15, -0.1) is 0 Å². The minimum absolute atomic E-state index is 0.988. The van der Waals surface area contributed by atoms with Crippen LogP contribution in [-0.4, -0.2) is 6.54 Å². The number of nitrogens with one attached hydrogen (secondary N) is 1. The fourth-order valence-electron chi connectivity index (χ4n) is 1.08. The Bertz CT molecular complexity index is 187. The standard InChI is InChI=1S/C10H15N/c1-2-3-4-7-10-8-5-6-9-11-10/h2-3,5-6,8,11H,4,7,9H2,1H3/b3-2-. The predicted octanol–water partition coefficient (Wildman–Crippen LogP) is 2.39. The van der Waals surface area contributed by atoms with E-state index in [4.69, 9.17) is 0 Å². The molecule has 1 aliphatic heterocycles. The maximum atomic E-state index is 3.32. The fraction of sp³-hybridized carbons (Fsp3) is 0.400. The molecule has 0 atom stereocenters. The quantitative estimate of drug-likeness (QED) is 0.607. The first-order valence-corrected chi connectivity index (χ1v) is 4.14. The molecule has 0 fully saturated rings. The van der Waals surface area contributed by atoms with Crippen LogP contribution in [0.15, 0.2) is 36.1 Å². The van der Waals surface area contributed by atoms with E-state index in [0.29, 0.717) is 0 Å². The first-order valence-electron chi connectivity index (χ1n) is 4.14. The molecule has 0 saturated heterocycles. The van der Waals surface area contributed by atoms with Crippen LogP contribution in [0.2, 0.25) is 0 Å². The van der Waals surface area contributed by atoms with Gasteiger partial charge in [0.25, 0.3) is 0 Å². The Morgan fingerprint density at radius 3 is 3.18 bits per heavy atom. The van der Waals surface area contributed by atoms with Crippen molar-refractivity contribution in [3.63, 3.8) is 0 Å². The van der Waals surface area contributed by atoms with Gasteiger partial charge in [0.15, 0.2) is 0 Å². The van der Waals surface area contributed by atoms with E-state index in [9.17, 15) is 0 Å². The highest BCUT2D eigenvalue weighted by Crippen LogP contribution is 2.04. The summed E-state index contributed by atoms with van der Waals surface area (Å²) in [6.07, 6.45) is 12.9. The number of allylic oxidation sites excluding steroid dienone is 5. The summed E-state index contributed by atoms with van der Waals surface area (Å²) in [4.78, 5) is 0. The largest absolute Gasteiger partial charge is 0.385 e. The van der Waals surface area contributed by atoms with Gasteiger partial charge in [-0.2, -0.15) is 0 Å². The van der Waals surface area contributed by atoms with Crippen molar-refractivity contribution in [2.45, 2.75) is 19.8 Å². The van der Waals surface area contributed by atoms with E-state index in [2.05, 4.69) is 42.6 Å². The lowest BCUT2D eigenvalue weighted by atomic mass is 10.2. The summed E-state index contributed by atoms with van der Waals surface area (Å²) in [7, 11) is 0. The second-order valence-corrected chi connectivity index (χ2v) is 2.61. The van der Waals surface area contributed by atoms with Gasteiger partial charge in [-0.25, -0.2) is 0 Å². The molecule has 0 aromatic rings. The van der Waals surface area contributed by atoms with E-state index in [-0.39, 0.29) is 0 Å². The van der Waals surface area contributed by atoms with Gasteiger partial charge in [0, 0.05) is 12.2 Å². The van der Waals surface area contributed by atoms with Crippen LogP contribution in [0.4, 0.5) is 0 Å². The van der Waals surface area contributed by atoms with Crippen LogP contribution in [0.25, 0.3) is 0 Å². The molecule has 1 N–H and O–H groups in total. The van der Waals surface area contributed by atoms with Crippen LogP contribution in [0.1, 0.15) is 19.8 Å². The molecule has 0 spiro atoms. The Hall–Kier alpha value is -0.980. The van der Waals surface area contributed by atoms with Gasteiger partial charge in [0.1, 0.15) is 0 Å². The van der Waals surface area contributed by atoms with Crippen molar-refractivity contribution >= 4 is 0 Å². The third kappa shape index (κ3) is 3.08. The van der Waals surface area contributed by atoms with Crippen LogP contribution in [-0.2, 0) is 0 Å². The van der Waals surface area contributed by atoms with Crippen molar-refractivity contribution in [3.8, 4) is 0 Å². The second kappa shape index (κ2) is 4.78. The minimum atomic E-state index is 0.988. The number of dihydropyridines is 1. The monoisotopic (exact) mass is 149 g/mol. The molecule has 0 bridgehead atoms. The molecule has 1 heterocycles. The molecule has 1 heteroatoms. The van der Waals surface area contributed by atoms with Crippen LogP contribution < -0.4 is 5.32 Å². The molecular formula is C10H15N. The number of hydrogen-bond donors (Lipinski definition) is 1. The van der Waals surface area contributed by atoms with Crippen LogP contribution in [0.3, 0.4) is 0 Å². The third-order valence-corrected chi connectivity index (χ3v) is 1.70. The average molecular weight is 149 g/mol. The summed E-state index contributed by atoms with van der Waals surface area (Å²) >= 11 is 0.